The predicted octanol–water partition coefficient (Wildman–Crippen LogP) is 5.48. The lowest BCUT2D eigenvalue weighted by molar-refractivity contribution is 0.541. The van der Waals surface area contributed by atoms with Crippen molar-refractivity contribution in [2.45, 2.75) is 30.3 Å². The fourth-order valence-electron chi connectivity index (χ4n) is 3.71. The van der Waals surface area contributed by atoms with Crippen molar-refractivity contribution in [2.75, 3.05) is 9.62 Å². The summed E-state index contributed by atoms with van der Waals surface area (Å²) < 4.78 is 29.0. The third kappa shape index (κ3) is 3.48. The molecule has 0 amide bonds. The summed E-state index contributed by atoms with van der Waals surface area (Å²) in [6, 6.07) is 23.3. The van der Waals surface area contributed by atoms with Gasteiger partial charge in [0.2, 0.25) is 0 Å². The molecule has 0 aliphatic carbocycles. The Labute approximate surface area is 170 Å². The maximum absolute atomic E-state index is 13.7. The van der Waals surface area contributed by atoms with Gasteiger partial charge in [0.15, 0.2) is 0 Å². The Morgan fingerprint density at radius 2 is 1.57 bits per heavy atom. The lowest BCUT2D eigenvalue weighted by Crippen LogP contribution is -2.40. The minimum atomic E-state index is -3.79. The Bertz CT molecular complexity index is 1070. The van der Waals surface area contributed by atoms with Crippen LogP contribution < -0.4 is 9.62 Å². The molecule has 2 atom stereocenters. The lowest BCUT2D eigenvalue weighted by Gasteiger charge is -2.39. The molecule has 1 aliphatic rings. The highest BCUT2D eigenvalue weighted by atomic mass is 35.5. The van der Waals surface area contributed by atoms with Crippen LogP contribution in [0, 0.1) is 0 Å². The first-order valence-corrected chi connectivity index (χ1v) is 11.0. The van der Waals surface area contributed by atoms with E-state index < -0.39 is 10.0 Å². The van der Waals surface area contributed by atoms with Crippen LogP contribution in [-0.4, -0.2) is 14.5 Å². The average molecular weight is 413 g/mol. The van der Waals surface area contributed by atoms with Gasteiger partial charge in [-0.15, -0.1) is 0 Å². The Hall–Kier alpha value is -2.50. The van der Waals surface area contributed by atoms with Crippen LogP contribution >= 0.6 is 11.6 Å². The molecule has 4 nitrogen and oxygen atoms in total. The molecule has 4 rings (SSSR count). The number of nitrogens with one attached hydrogen (secondary N) is 1. The smallest absolute Gasteiger partial charge is 0.264 e. The highest BCUT2D eigenvalue weighted by Crippen LogP contribution is 2.41. The maximum Gasteiger partial charge on any atom is 0.264 e. The molecule has 0 fully saturated rings. The summed E-state index contributed by atoms with van der Waals surface area (Å²) in [7, 11) is -3.79. The van der Waals surface area contributed by atoms with Crippen LogP contribution in [0.15, 0.2) is 83.8 Å². The van der Waals surface area contributed by atoms with E-state index in [0.717, 1.165) is 11.3 Å². The van der Waals surface area contributed by atoms with E-state index in [1.807, 2.05) is 54.6 Å². The number of sulfonamides is 1. The van der Waals surface area contributed by atoms with E-state index in [0.29, 0.717) is 17.1 Å². The molecular weight excluding hydrogens is 392 g/mol. The molecule has 1 aliphatic heterocycles. The Morgan fingerprint density at radius 1 is 0.929 bits per heavy atom. The SMILES string of the molecule is C[C@H]1C[C@H](N(c2ccccc2)S(=O)(=O)c2ccc(Cl)cc2)c2ccccc2N1. The average Bonchev–Trinajstić information content (AvgIpc) is 2.69. The van der Waals surface area contributed by atoms with Crippen LogP contribution in [0.5, 0.6) is 0 Å². The Kier molecular flexibility index (Phi) is 5.04. The lowest BCUT2D eigenvalue weighted by atomic mass is 9.93. The summed E-state index contributed by atoms with van der Waals surface area (Å²) in [6.45, 7) is 2.07. The number of halogens is 1. The van der Waals surface area contributed by atoms with E-state index in [4.69, 9.17) is 11.6 Å². The maximum atomic E-state index is 13.7. The molecule has 144 valence electrons. The number of fused-ring (bicyclic) bond motifs is 1. The van der Waals surface area contributed by atoms with Crippen molar-refractivity contribution >= 4 is 33.0 Å². The van der Waals surface area contributed by atoms with E-state index >= 15 is 0 Å². The monoisotopic (exact) mass is 412 g/mol. The van der Waals surface area contributed by atoms with E-state index in [9.17, 15) is 8.42 Å². The number of rotatable bonds is 4. The molecule has 0 unspecified atom stereocenters. The molecule has 0 bridgehead atoms. The number of nitrogens with zero attached hydrogens (tertiary/aromatic N) is 1. The van der Waals surface area contributed by atoms with Crippen molar-refractivity contribution < 1.29 is 8.42 Å². The minimum absolute atomic E-state index is 0.145. The molecule has 0 aromatic heterocycles. The summed E-state index contributed by atoms with van der Waals surface area (Å²) in [4.78, 5) is 0.226. The van der Waals surface area contributed by atoms with E-state index in [-0.39, 0.29) is 17.0 Å². The summed E-state index contributed by atoms with van der Waals surface area (Å²) in [5.41, 5.74) is 2.59. The molecule has 0 saturated carbocycles. The molecule has 1 heterocycles. The van der Waals surface area contributed by atoms with Gasteiger partial charge in [-0.1, -0.05) is 48.0 Å². The van der Waals surface area contributed by atoms with Gasteiger partial charge in [0, 0.05) is 16.8 Å². The fraction of sp³-hybridized carbons (Fsp3) is 0.182. The second-order valence-electron chi connectivity index (χ2n) is 6.97. The second kappa shape index (κ2) is 7.49. The van der Waals surface area contributed by atoms with Gasteiger partial charge >= 0.3 is 0 Å². The van der Waals surface area contributed by atoms with Crippen LogP contribution in [-0.2, 0) is 10.0 Å². The normalized spacial score (nSPS) is 18.8. The van der Waals surface area contributed by atoms with Gasteiger partial charge in [0.25, 0.3) is 10.0 Å². The number of para-hydroxylation sites is 2. The van der Waals surface area contributed by atoms with Crippen molar-refractivity contribution in [1.82, 2.24) is 0 Å². The first kappa shape index (κ1) is 18.8. The van der Waals surface area contributed by atoms with Gasteiger partial charge in [0.05, 0.1) is 16.6 Å². The summed E-state index contributed by atoms with van der Waals surface area (Å²) in [5, 5.41) is 3.96. The van der Waals surface area contributed by atoms with Crippen molar-refractivity contribution in [3.05, 3.63) is 89.4 Å². The third-order valence-electron chi connectivity index (χ3n) is 4.96. The number of anilines is 2. The third-order valence-corrected chi connectivity index (χ3v) is 7.07. The van der Waals surface area contributed by atoms with E-state index in [1.54, 1.807) is 28.6 Å². The van der Waals surface area contributed by atoms with Crippen LogP contribution in [0.3, 0.4) is 0 Å². The molecule has 28 heavy (non-hydrogen) atoms. The number of benzene rings is 3. The standard InChI is InChI=1S/C22H21ClN2O2S/c1-16-15-22(20-9-5-6-10-21(20)24-16)25(18-7-3-2-4-8-18)28(26,27)19-13-11-17(23)12-14-19/h2-14,16,22,24H,15H2,1H3/t16-,22-/m0/s1. The minimum Gasteiger partial charge on any atom is -0.382 e. The largest absolute Gasteiger partial charge is 0.382 e. The van der Waals surface area contributed by atoms with Gasteiger partial charge < -0.3 is 5.32 Å². The predicted molar refractivity (Wildman–Crippen MR) is 114 cm³/mol. The first-order chi connectivity index (χ1) is 13.5. The van der Waals surface area contributed by atoms with E-state index in [2.05, 4.69) is 12.2 Å². The highest BCUT2D eigenvalue weighted by Gasteiger charge is 2.36. The van der Waals surface area contributed by atoms with Gasteiger partial charge in [-0.3, -0.25) is 4.31 Å². The number of hydrogen-bond donors (Lipinski definition) is 1. The topological polar surface area (TPSA) is 49.4 Å². The zero-order valence-corrected chi connectivity index (χ0v) is 17.0. The van der Waals surface area contributed by atoms with Gasteiger partial charge in [0.1, 0.15) is 0 Å². The fourth-order valence-corrected chi connectivity index (χ4v) is 5.48. The van der Waals surface area contributed by atoms with Gasteiger partial charge in [-0.05, 0) is 61.4 Å². The van der Waals surface area contributed by atoms with Crippen molar-refractivity contribution in [2.24, 2.45) is 0 Å². The zero-order chi connectivity index (χ0) is 19.7. The molecule has 0 spiro atoms. The molecule has 0 radical (unpaired) electrons. The molecule has 3 aromatic carbocycles. The van der Waals surface area contributed by atoms with Gasteiger partial charge in [-0.2, -0.15) is 0 Å². The molecule has 0 saturated heterocycles. The van der Waals surface area contributed by atoms with Crippen molar-refractivity contribution in [3.63, 3.8) is 0 Å². The summed E-state index contributed by atoms with van der Waals surface area (Å²) in [6.07, 6.45) is 0.665. The van der Waals surface area contributed by atoms with Crippen LogP contribution in [0.2, 0.25) is 5.02 Å². The molecule has 1 N–H and O–H groups in total. The highest BCUT2D eigenvalue weighted by molar-refractivity contribution is 7.92. The first-order valence-electron chi connectivity index (χ1n) is 9.17. The van der Waals surface area contributed by atoms with Crippen LogP contribution in [0.1, 0.15) is 24.9 Å². The zero-order valence-electron chi connectivity index (χ0n) is 15.4. The van der Waals surface area contributed by atoms with Crippen molar-refractivity contribution in [3.8, 4) is 0 Å². The summed E-state index contributed by atoms with van der Waals surface area (Å²) >= 11 is 5.98. The van der Waals surface area contributed by atoms with Crippen molar-refractivity contribution in [1.29, 1.82) is 0 Å². The van der Waals surface area contributed by atoms with Crippen LogP contribution in [0.4, 0.5) is 11.4 Å². The van der Waals surface area contributed by atoms with E-state index in [1.165, 1.54) is 0 Å². The number of hydrogen-bond acceptors (Lipinski definition) is 3. The van der Waals surface area contributed by atoms with Crippen LogP contribution in [0.25, 0.3) is 0 Å². The summed E-state index contributed by atoms with van der Waals surface area (Å²) in [5.74, 6) is 0. The molecular formula is C22H21ClN2O2S. The Morgan fingerprint density at radius 3 is 2.29 bits per heavy atom. The van der Waals surface area contributed by atoms with Gasteiger partial charge in [-0.25, -0.2) is 8.42 Å². The Balaban J connectivity index is 1.90. The second-order valence-corrected chi connectivity index (χ2v) is 9.23. The molecule has 3 aromatic rings. The quantitative estimate of drug-likeness (QED) is 0.617. The molecule has 6 heteroatoms.